The summed E-state index contributed by atoms with van der Waals surface area (Å²) >= 11 is 0. The number of hydrogen-bond acceptors (Lipinski definition) is 6. The third-order valence-corrected chi connectivity index (χ3v) is 4.95. The van der Waals surface area contributed by atoms with Crippen LogP contribution in [0.25, 0.3) is 0 Å². The van der Waals surface area contributed by atoms with Gasteiger partial charge in [-0.25, -0.2) is 0 Å². The molecule has 1 aliphatic carbocycles. The molecule has 6 nitrogen and oxygen atoms in total. The molecule has 28 heavy (non-hydrogen) atoms. The molecule has 0 N–H and O–H groups in total. The van der Waals surface area contributed by atoms with Gasteiger partial charge in [0.2, 0.25) is 0 Å². The van der Waals surface area contributed by atoms with Gasteiger partial charge in [0, 0.05) is 12.4 Å². The number of nitrogens with zero attached hydrogens (tertiary/aromatic N) is 2. The van der Waals surface area contributed by atoms with Crippen molar-refractivity contribution in [3.63, 3.8) is 0 Å². The Morgan fingerprint density at radius 3 is 1.57 bits per heavy atom. The van der Waals surface area contributed by atoms with Crippen molar-refractivity contribution < 1.29 is 19.7 Å². The van der Waals surface area contributed by atoms with Gasteiger partial charge in [-0.05, 0) is 48.2 Å². The molecule has 1 fully saturated rings. The maximum absolute atomic E-state index is 12.1. The Bertz CT molecular complexity index is 792. The van der Waals surface area contributed by atoms with Gasteiger partial charge in [0.15, 0.2) is 0 Å². The maximum atomic E-state index is 12.1. The molecule has 0 aliphatic heterocycles. The predicted octanol–water partition coefficient (Wildman–Crippen LogP) is 2.70. The molecule has 0 aromatic heterocycles. The summed E-state index contributed by atoms with van der Waals surface area (Å²) in [6, 6.07) is 9.84. The fourth-order valence-electron chi connectivity index (χ4n) is 3.29. The van der Waals surface area contributed by atoms with Crippen molar-refractivity contribution in [1.82, 2.24) is 0 Å². The normalized spacial score (nSPS) is 19.9. The summed E-state index contributed by atoms with van der Waals surface area (Å²) in [5.41, 5.74) is 1.07. The Balaban J connectivity index is 1.73. The van der Waals surface area contributed by atoms with E-state index in [0.29, 0.717) is 22.6 Å². The van der Waals surface area contributed by atoms with Gasteiger partial charge in [-0.3, -0.25) is 9.98 Å². The molecule has 0 amide bonds. The molecule has 2 atom stereocenters. The Morgan fingerprint density at radius 2 is 1.21 bits per heavy atom. The maximum Gasteiger partial charge on any atom is 0.118 e. The summed E-state index contributed by atoms with van der Waals surface area (Å²) in [5.74, 6) is 0.840. The summed E-state index contributed by atoms with van der Waals surface area (Å²) < 4.78 is 10.1. The summed E-state index contributed by atoms with van der Waals surface area (Å²) in [7, 11) is 3.06. The molecular weight excluding hydrogens is 356 g/mol. The highest BCUT2D eigenvalue weighted by molar-refractivity contribution is 5.84. The van der Waals surface area contributed by atoms with Crippen molar-refractivity contribution >= 4 is 12.4 Å². The van der Waals surface area contributed by atoms with E-state index in [1.165, 1.54) is 26.4 Å². The molecular formula is C22H24N2O4-2. The van der Waals surface area contributed by atoms with Gasteiger partial charge in [0.1, 0.15) is 11.5 Å². The Hall–Kier alpha value is -3.02. The molecule has 0 radical (unpaired) electrons. The molecule has 0 bridgehead atoms. The van der Waals surface area contributed by atoms with E-state index < -0.39 is 0 Å². The lowest BCUT2D eigenvalue weighted by atomic mass is 9.91. The van der Waals surface area contributed by atoms with Gasteiger partial charge in [-0.1, -0.05) is 36.5 Å². The van der Waals surface area contributed by atoms with E-state index in [4.69, 9.17) is 9.47 Å². The molecule has 3 rings (SSSR count). The lowest BCUT2D eigenvalue weighted by Gasteiger charge is -2.26. The fourth-order valence-corrected chi connectivity index (χ4v) is 3.29. The molecule has 1 saturated carbocycles. The van der Waals surface area contributed by atoms with E-state index in [-0.39, 0.29) is 23.6 Å². The van der Waals surface area contributed by atoms with Gasteiger partial charge < -0.3 is 19.7 Å². The molecule has 2 unspecified atom stereocenters. The number of ether oxygens (including phenoxy) is 2. The molecule has 2 aromatic carbocycles. The minimum absolute atomic E-state index is 0.000137. The second kappa shape index (κ2) is 9.26. The highest BCUT2D eigenvalue weighted by atomic mass is 16.5. The Labute approximate surface area is 165 Å². The van der Waals surface area contributed by atoms with Gasteiger partial charge in [-0.15, -0.1) is 0 Å². The topological polar surface area (TPSA) is 89.3 Å². The summed E-state index contributed by atoms with van der Waals surface area (Å²) in [5, 5.41) is 24.2. The second-order valence-corrected chi connectivity index (χ2v) is 6.78. The van der Waals surface area contributed by atoms with Crippen LogP contribution in [0.1, 0.15) is 36.8 Å². The predicted molar refractivity (Wildman–Crippen MR) is 106 cm³/mol. The third-order valence-electron chi connectivity index (χ3n) is 4.95. The van der Waals surface area contributed by atoms with E-state index in [2.05, 4.69) is 9.98 Å². The molecule has 2 aromatic rings. The van der Waals surface area contributed by atoms with E-state index in [1.807, 2.05) is 0 Å². The van der Waals surface area contributed by atoms with Crippen molar-refractivity contribution in [2.75, 3.05) is 14.2 Å². The SMILES string of the molecule is COc1ccc(C=NC2CCCCC2N=Cc2ccc(OC)cc2[O-])c([O-])c1. The summed E-state index contributed by atoms with van der Waals surface area (Å²) in [6.45, 7) is 0. The van der Waals surface area contributed by atoms with Crippen molar-refractivity contribution in [1.29, 1.82) is 0 Å². The molecule has 0 saturated heterocycles. The summed E-state index contributed by atoms with van der Waals surface area (Å²) in [6.07, 6.45) is 7.25. The van der Waals surface area contributed by atoms with Gasteiger partial charge in [0.05, 0.1) is 26.3 Å². The van der Waals surface area contributed by atoms with Crippen LogP contribution < -0.4 is 19.7 Å². The first-order chi connectivity index (χ1) is 13.6. The van der Waals surface area contributed by atoms with E-state index in [1.54, 1.807) is 36.7 Å². The van der Waals surface area contributed by atoms with Crippen LogP contribution in [-0.4, -0.2) is 38.7 Å². The Kier molecular flexibility index (Phi) is 6.53. The van der Waals surface area contributed by atoms with Crippen LogP contribution in [0.5, 0.6) is 23.0 Å². The van der Waals surface area contributed by atoms with Crippen LogP contribution in [0.2, 0.25) is 0 Å². The van der Waals surface area contributed by atoms with Crippen LogP contribution in [-0.2, 0) is 0 Å². The van der Waals surface area contributed by atoms with Gasteiger partial charge >= 0.3 is 0 Å². The smallest absolute Gasteiger partial charge is 0.118 e. The van der Waals surface area contributed by atoms with Crippen LogP contribution in [0.15, 0.2) is 46.4 Å². The van der Waals surface area contributed by atoms with Gasteiger partial charge in [-0.2, -0.15) is 0 Å². The zero-order valence-corrected chi connectivity index (χ0v) is 16.1. The first-order valence-electron chi connectivity index (χ1n) is 9.37. The van der Waals surface area contributed by atoms with Crippen LogP contribution in [0, 0.1) is 0 Å². The first-order valence-corrected chi connectivity index (χ1v) is 9.37. The van der Waals surface area contributed by atoms with E-state index >= 15 is 0 Å². The minimum atomic E-state index is -0.117. The Morgan fingerprint density at radius 1 is 0.786 bits per heavy atom. The molecule has 6 heteroatoms. The van der Waals surface area contributed by atoms with Crippen LogP contribution >= 0.6 is 0 Å². The van der Waals surface area contributed by atoms with Crippen molar-refractivity contribution in [3.05, 3.63) is 47.5 Å². The summed E-state index contributed by atoms with van der Waals surface area (Å²) in [4.78, 5) is 9.27. The van der Waals surface area contributed by atoms with Crippen LogP contribution in [0.3, 0.4) is 0 Å². The average molecular weight is 380 g/mol. The quantitative estimate of drug-likeness (QED) is 0.721. The number of methoxy groups -OCH3 is 2. The molecule has 148 valence electrons. The number of benzene rings is 2. The lowest BCUT2D eigenvalue weighted by molar-refractivity contribution is -0.269. The first kappa shape index (κ1) is 19.7. The fraction of sp³-hybridized carbons (Fsp3) is 0.364. The van der Waals surface area contributed by atoms with Crippen molar-refractivity contribution in [2.24, 2.45) is 9.98 Å². The molecule has 1 aliphatic rings. The number of rotatable bonds is 6. The lowest BCUT2D eigenvalue weighted by Crippen LogP contribution is -2.27. The minimum Gasteiger partial charge on any atom is -0.872 e. The van der Waals surface area contributed by atoms with Crippen molar-refractivity contribution in [3.8, 4) is 23.0 Å². The average Bonchev–Trinajstić information content (AvgIpc) is 2.72. The zero-order valence-electron chi connectivity index (χ0n) is 16.1. The molecule has 0 spiro atoms. The second-order valence-electron chi connectivity index (χ2n) is 6.78. The third kappa shape index (κ3) is 4.82. The van der Waals surface area contributed by atoms with E-state index in [0.717, 1.165) is 25.7 Å². The zero-order chi connectivity index (χ0) is 19.9. The van der Waals surface area contributed by atoms with Crippen LogP contribution in [0.4, 0.5) is 0 Å². The monoisotopic (exact) mass is 380 g/mol. The highest BCUT2D eigenvalue weighted by Crippen LogP contribution is 2.26. The number of aliphatic imine (C=N–C) groups is 2. The highest BCUT2D eigenvalue weighted by Gasteiger charge is 2.23. The molecule has 0 heterocycles. The number of hydrogen-bond donors (Lipinski definition) is 0. The van der Waals surface area contributed by atoms with Crippen molar-refractivity contribution in [2.45, 2.75) is 37.8 Å². The van der Waals surface area contributed by atoms with E-state index in [9.17, 15) is 10.2 Å². The largest absolute Gasteiger partial charge is 0.872 e. The standard InChI is InChI=1S/C22H26N2O4/c1-27-17-9-7-15(21(25)11-17)13-23-19-5-3-4-6-20(19)24-14-16-8-10-18(28-2)12-22(16)26/h7-14,19-20,25-26H,3-6H2,1-2H3/p-2. The van der Waals surface area contributed by atoms with Gasteiger partial charge in [0.25, 0.3) is 0 Å².